The Labute approximate surface area is 168 Å². The molecule has 1 N–H and O–H groups in total. The Kier molecular flexibility index (Phi) is 7.50. The van der Waals surface area contributed by atoms with Crippen molar-refractivity contribution in [3.8, 4) is 5.75 Å². The highest BCUT2D eigenvalue weighted by Gasteiger charge is 2.19. The van der Waals surface area contributed by atoms with Gasteiger partial charge >= 0.3 is 18.3 Å². The normalized spacial score (nSPS) is 11.9. The number of carbonyl (C=O) groups excluding carboxylic acids is 2. The number of nitrogens with zero attached hydrogens (tertiary/aromatic N) is 1. The Morgan fingerprint density at radius 3 is 2.43 bits per heavy atom. The second kappa shape index (κ2) is 10.0. The SMILES string of the molecule is CC(OC(=O)/C=C/c1ccc(OC(F)F)cc1)C(=O)Nc1ccc(F)c([N+](=O)[O-])c1. The van der Waals surface area contributed by atoms with E-state index in [2.05, 4.69) is 10.1 Å². The zero-order chi connectivity index (χ0) is 22.3. The molecular formula is C19H15F3N2O6. The standard InChI is InChI=1S/C19H15F3N2O6/c1-11(18(26)23-13-5-8-15(20)16(10-13)24(27)28)29-17(25)9-4-12-2-6-14(7-3-12)30-19(21)22/h2-11,19H,1H3,(H,23,26)/b9-4+. The van der Waals surface area contributed by atoms with Gasteiger partial charge in [0, 0.05) is 17.8 Å². The van der Waals surface area contributed by atoms with Crippen LogP contribution < -0.4 is 10.1 Å². The number of hydrogen-bond donors (Lipinski definition) is 1. The first kappa shape index (κ1) is 22.4. The van der Waals surface area contributed by atoms with Gasteiger partial charge in [-0.25, -0.2) is 4.79 Å². The van der Waals surface area contributed by atoms with Crippen LogP contribution in [0.15, 0.2) is 48.5 Å². The first-order valence-corrected chi connectivity index (χ1v) is 8.34. The summed E-state index contributed by atoms with van der Waals surface area (Å²) in [5.41, 5.74) is -0.368. The van der Waals surface area contributed by atoms with Gasteiger partial charge < -0.3 is 14.8 Å². The Morgan fingerprint density at radius 1 is 1.17 bits per heavy atom. The Balaban J connectivity index is 1.92. The van der Waals surface area contributed by atoms with Crippen molar-refractivity contribution in [2.24, 2.45) is 0 Å². The van der Waals surface area contributed by atoms with Gasteiger partial charge in [0.15, 0.2) is 6.10 Å². The zero-order valence-electron chi connectivity index (χ0n) is 15.4. The highest BCUT2D eigenvalue weighted by Crippen LogP contribution is 2.22. The van der Waals surface area contributed by atoms with Gasteiger partial charge in [0.1, 0.15) is 5.75 Å². The molecule has 1 amide bonds. The van der Waals surface area contributed by atoms with Gasteiger partial charge in [0.05, 0.1) is 4.92 Å². The predicted molar refractivity (Wildman–Crippen MR) is 99.3 cm³/mol. The van der Waals surface area contributed by atoms with Crippen molar-refractivity contribution in [3.63, 3.8) is 0 Å². The lowest BCUT2D eigenvalue weighted by atomic mass is 10.2. The molecule has 0 fully saturated rings. The lowest BCUT2D eigenvalue weighted by molar-refractivity contribution is -0.387. The number of ether oxygens (including phenoxy) is 2. The summed E-state index contributed by atoms with van der Waals surface area (Å²) < 4.78 is 46.6. The van der Waals surface area contributed by atoms with E-state index in [1.54, 1.807) is 0 Å². The van der Waals surface area contributed by atoms with Crippen molar-refractivity contribution in [2.45, 2.75) is 19.6 Å². The summed E-state index contributed by atoms with van der Waals surface area (Å²) in [5.74, 6) is -2.76. The van der Waals surface area contributed by atoms with Crippen molar-refractivity contribution in [1.29, 1.82) is 0 Å². The summed E-state index contributed by atoms with van der Waals surface area (Å²) in [4.78, 5) is 33.7. The number of nitro groups is 1. The molecule has 1 atom stereocenters. The highest BCUT2D eigenvalue weighted by atomic mass is 19.3. The van der Waals surface area contributed by atoms with Crippen molar-refractivity contribution in [3.05, 3.63) is 70.0 Å². The molecular weight excluding hydrogens is 409 g/mol. The van der Waals surface area contributed by atoms with E-state index in [9.17, 15) is 32.9 Å². The van der Waals surface area contributed by atoms with Gasteiger partial charge in [-0.05, 0) is 42.8 Å². The molecule has 30 heavy (non-hydrogen) atoms. The molecule has 0 saturated heterocycles. The quantitative estimate of drug-likeness (QED) is 0.298. The molecule has 0 heterocycles. The van der Waals surface area contributed by atoms with E-state index >= 15 is 0 Å². The van der Waals surface area contributed by atoms with E-state index < -0.39 is 41.0 Å². The van der Waals surface area contributed by atoms with Crippen molar-refractivity contribution in [2.75, 3.05) is 5.32 Å². The minimum Gasteiger partial charge on any atom is -0.449 e. The van der Waals surface area contributed by atoms with Gasteiger partial charge in [0.2, 0.25) is 5.82 Å². The maximum atomic E-state index is 13.3. The fourth-order valence-electron chi connectivity index (χ4n) is 2.17. The molecule has 11 heteroatoms. The number of hydrogen-bond acceptors (Lipinski definition) is 6. The third kappa shape index (κ3) is 6.62. The number of halogens is 3. The first-order valence-electron chi connectivity index (χ1n) is 8.34. The van der Waals surface area contributed by atoms with Crippen molar-refractivity contribution >= 4 is 29.3 Å². The van der Waals surface area contributed by atoms with E-state index in [0.29, 0.717) is 5.56 Å². The van der Waals surface area contributed by atoms with Gasteiger partial charge in [-0.3, -0.25) is 14.9 Å². The van der Waals surface area contributed by atoms with Gasteiger partial charge in [0.25, 0.3) is 5.91 Å². The molecule has 0 aliphatic carbocycles. The van der Waals surface area contributed by atoms with E-state index in [-0.39, 0.29) is 11.4 Å². The summed E-state index contributed by atoms with van der Waals surface area (Å²) in [6.45, 7) is -1.68. The predicted octanol–water partition coefficient (Wildman–Crippen LogP) is 3.92. The number of amides is 1. The summed E-state index contributed by atoms with van der Waals surface area (Å²) in [7, 11) is 0. The van der Waals surface area contributed by atoms with Gasteiger partial charge in [-0.15, -0.1) is 0 Å². The fourth-order valence-corrected chi connectivity index (χ4v) is 2.17. The summed E-state index contributed by atoms with van der Waals surface area (Å²) in [5, 5.41) is 13.0. The highest BCUT2D eigenvalue weighted by molar-refractivity contribution is 5.96. The molecule has 8 nitrogen and oxygen atoms in total. The Hall–Kier alpha value is -3.89. The van der Waals surface area contributed by atoms with Crippen LogP contribution in [-0.2, 0) is 14.3 Å². The average molecular weight is 424 g/mol. The summed E-state index contributed by atoms with van der Waals surface area (Å²) >= 11 is 0. The summed E-state index contributed by atoms with van der Waals surface area (Å²) in [6, 6.07) is 8.21. The summed E-state index contributed by atoms with van der Waals surface area (Å²) in [6.07, 6.45) is 1.10. The molecule has 2 aromatic rings. The third-order valence-electron chi connectivity index (χ3n) is 3.59. The number of carbonyl (C=O) groups is 2. The lowest BCUT2D eigenvalue weighted by Gasteiger charge is -2.12. The number of nitrogens with one attached hydrogen (secondary N) is 1. The molecule has 0 bridgehead atoms. The number of benzene rings is 2. The average Bonchev–Trinajstić information content (AvgIpc) is 2.68. The molecule has 158 valence electrons. The number of alkyl halides is 2. The van der Waals surface area contributed by atoms with Crippen LogP contribution >= 0.6 is 0 Å². The minimum absolute atomic E-state index is 0.0438. The molecule has 2 aromatic carbocycles. The van der Waals surface area contributed by atoms with Crippen LogP contribution in [0.4, 0.5) is 24.5 Å². The van der Waals surface area contributed by atoms with E-state index in [4.69, 9.17) is 4.74 Å². The van der Waals surface area contributed by atoms with Crippen LogP contribution in [0.2, 0.25) is 0 Å². The molecule has 0 aliphatic heterocycles. The van der Waals surface area contributed by atoms with Crippen molar-refractivity contribution < 1.29 is 37.2 Å². The molecule has 0 aliphatic rings. The van der Waals surface area contributed by atoms with Gasteiger partial charge in [-0.1, -0.05) is 12.1 Å². The van der Waals surface area contributed by atoms with Gasteiger partial charge in [-0.2, -0.15) is 13.2 Å². The maximum absolute atomic E-state index is 13.3. The Morgan fingerprint density at radius 2 is 1.83 bits per heavy atom. The first-order chi connectivity index (χ1) is 14.2. The molecule has 0 saturated carbocycles. The van der Waals surface area contributed by atoms with Crippen LogP contribution in [0.5, 0.6) is 5.75 Å². The van der Waals surface area contributed by atoms with E-state index in [0.717, 1.165) is 24.3 Å². The monoisotopic (exact) mass is 424 g/mol. The van der Waals surface area contributed by atoms with Crippen LogP contribution in [0.25, 0.3) is 6.08 Å². The van der Waals surface area contributed by atoms with Crippen LogP contribution in [-0.4, -0.2) is 29.5 Å². The Bertz CT molecular complexity index is 963. The number of nitro benzene ring substituents is 1. The second-order valence-electron chi connectivity index (χ2n) is 5.77. The third-order valence-corrected chi connectivity index (χ3v) is 3.59. The van der Waals surface area contributed by atoms with E-state index in [1.807, 2.05) is 0 Å². The molecule has 0 spiro atoms. The van der Waals surface area contributed by atoms with Crippen LogP contribution in [0.3, 0.4) is 0 Å². The number of rotatable bonds is 8. The number of esters is 1. The number of anilines is 1. The van der Waals surface area contributed by atoms with Crippen LogP contribution in [0, 0.1) is 15.9 Å². The van der Waals surface area contributed by atoms with Crippen molar-refractivity contribution in [1.82, 2.24) is 0 Å². The minimum atomic E-state index is -2.95. The largest absolute Gasteiger partial charge is 0.449 e. The van der Waals surface area contributed by atoms with E-state index in [1.165, 1.54) is 37.3 Å². The smallest absolute Gasteiger partial charge is 0.387 e. The molecule has 0 radical (unpaired) electrons. The maximum Gasteiger partial charge on any atom is 0.387 e. The second-order valence-corrected chi connectivity index (χ2v) is 5.77. The molecule has 0 aromatic heterocycles. The molecule has 1 unspecified atom stereocenters. The fraction of sp³-hybridized carbons (Fsp3) is 0.158. The topological polar surface area (TPSA) is 108 Å². The molecule has 2 rings (SSSR count). The van der Waals surface area contributed by atoms with Crippen LogP contribution in [0.1, 0.15) is 12.5 Å². The lowest BCUT2D eigenvalue weighted by Crippen LogP contribution is -2.29. The zero-order valence-corrected chi connectivity index (χ0v) is 15.4.